The molecular weight excluding hydrogens is 432 g/mol. The molecule has 0 aromatic heterocycles. The summed E-state index contributed by atoms with van der Waals surface area (Å²) in [7, 11) is 0. The minimum atomic E-state index is -0.425. The maximum Gasteiger partial charge on any atom is 0.195 e. The highest BCUT2D eigenvalue weighted by Gasteiger charge is 2.28. The predicted molar refractivity (Wildman–Crippen MR) is 143 cm³/mol. The molecule has 3 nitrogen and oxygen atoms in total. The lowest BCUT2D eigenvalue weighted by molar-refractivity contribution is 0.262. The molecule has 0 spiro atoms. The molecule has 3 aliphatic carbocycles. The lowest BCUT2D eigenvalue weighted by Crippen LogP contribution is -2.11. The van der Waals surface area contributed by atoms with E-state index in [9.17, 15) is 15.3 Å². The van der Waals surface area contributed by atoms with Crippen LogP contribution in [0.4, 0.5) is 0 Å². The van der Waals surface area contributed by atoms with Crippen LogP contribution in [0.1, 0.15) is 53.4 Å². The van der Waals surface area contributed by atoms with Gasteiger partial charge < -0.3 is 15.3 Å². The molecule has 0 bridgehead atoms. The van der Waals surface area contributed by atoms with Crippen LogP contribution in [0.5, 0.6) is 0 Å². The van der Waals surface area contributed by atoms with Crippen molar-refractivity contribution in [2.45, 2.75) is 37.5 Å². The van der Waals surface area contributed by atoms with Gasteiger partial charge in [-0.25, -0.2) is 0 Å². The molecule has 0 heterocycles. The number of aliphatic hydroxyl groups excluding tert-OH is 3. The molecule has 0 fully saturated rings. The van der Waals surface area contributed by atoms with Crippen molar-refractivity contribution in [1.29, 1.82) is 0 Å². The van der Waals surface area contributed by atoms with Crippen LogP contribution in [-0.4, -0.2) is 15.3 Å². The van der Waals surface area contributed by atoms with Gasteiger partial charge in [0.1, 0.15) is 5.76 Å². The molecule has 3 aromatic rings. The fraction of sp³-hybridized carbons (Fsp3) is 0.188. The molecule has 174 valence electrons. The number of benzene rings is 3. The standard InChI is InChI=1S/C32H28O3/c33-28-18-21(19-29(34)32(28)35)22-12-4-5-13-23(22)31-26-16-8-6-14-24(26)30(20-10-2-1-3-11-20)25-15-7-9-17-27(25)31/h1-8,10,12-16,18,20-21,33-35H,9,11,17,19H2. The fourth-order valence-electron chi connectivity index (χ4n) is 5.95. The van der Waals surface area contributed by atoms with E-state index in [2.05, 4.69) is 78.9 Å². The molecule has 3 heteroatoms. The van der Waals surface area contributed by atoms with E-state index in [1.54, 1.807) is 6.08 Å². The first-order chi connectivity index (χ1) is 17.1. The van der Waals surface area contributed by atoms with Crippen molar-refractivity contribution in [2.75, 3.05) is 0 Å². The second-order valence-electron chi connectivity index (χ2n) is 9.57. The molecule has 6 rings (SSSR count). The van der Waals surface area contributed by atoms with Crippen molar-refractivity contribution < 1.29 is 15.3 Å². The number of hydrogen-bond acceptors (Lipinski definition) is 3. The summed E-state index contributed by atoms with van der Waals surface area (Å²) in [6.07, 6.45) is 18.3. The van der Waals surface area contributed by atoms with Crippen molar-refractivity contribution in [3.8, 4) is 11.1 Å². The highest BCUT2D eigenvalue weighted by atomic mass is 16.3. The molecule has 35 heavy (non-hydrogen) atoms. The number of rotatable bonds is 3. The topological polar surface area (TPSA) is 60.7 Å². The molecule has 0 saturated heterocycles. The molecule has 0 amide bonds. The van der Waals surface area contributed by atoms with Crippen molar-refractivity contribution in [1.82, 2.24) is 0 Å². The van der Waals surface area contributed by atoms with Gasteiger partial charge in [-0.3, -0.25) is 0 Å². The highest BCUT2D eigenvalue weighted by Crippen LogP contribution is 2.47. The Morgan fingerprint density at radius 3 is 2.40 bits per heavy atom. The third kappa shape index (κ3) is 3.59. The predicted octanol–water partition coefficient (Wildman–Crippen LogP) is 8.32. The summed E-state index contributed by atoms with van der Waals surface area (Å²) in [5.74, 6) is -0.760. The first-order valence-corrected chi connectivity index (χ1v) is 12.3. The highest BCUT2D eigenvalue weighted by molar-refractivity contribution is 6.04. The summed E-state index contributed by atoms with van der Waals surface area (Å²) < 4.78 is 0. The van der Waals surface area contributed by atoms with Crippen LogP contribution >= 0.6 is 0 Å². The van der Waals surface area contributed by atoms with Crippen LogP contribution < -0.4 is 0 Å². The van der Waals surface area contributed by atoms with Gasteiger partial charge in [0, 0.05) is 18.3 Å². The zero-order valence-electron chi connectivity index (χ0n) is 19.5. The lowest BCUT2D eigenvalue weighted by Gasteiger charge is -2.29. The monoisotopic (exact) mass is 460 g/mol. The van der Waals surface area contributed by atoms with E-state index in [0.29, 0.717) is 5.92 Å². The molecule has 0 saturated carbocycles. The van der Waals surface area contributed by atoms with E-state index in [1.807, 2.05) is 6.07 Å². The number of hydrogen-bond donors (Lipinski definition) is 3. The Morgan fingerprint density at radius 2 is 1.60 bits per heavy atom. The Labute approximate surface area is 205 Å². The van der Waals surface area contributed by atoms with Gasteiger partial charge in [-0.2, -0.15) is 0 Å². The van der Waals surface area contributed by atoms with E-state index in [-0.39, 0.29) is 23.9 Å². The van der Waals surface area contributed by atoms with Crippen LogP contribution in [0.3, 0.4) is 0 Å². The van der Waals surface area contributed by atoms with Crippen molar-refractivity contribution in [3.63, 3.8) is 0 Å². The maximum absolute atomic E-state index is 10.3. The average Bonchev–Trinajstić information content (AvgIpc) is 2.90. The van der Waals surface area contributed by atoms with Crippen molar-refractivity contribution in [2.24, 2.45) is 0 Å². The largest absolute Gasteiger partial charge is 0.508 e. The van der Waals surface area contributed by atoms with Gasteiger partial charge in [0.05, 0.1) is 0 Å². The molecular formula is C32H28O3. The number of aliphatic hydroxyl groups is 3. The number of fused-ring (bicyclic) bond motifs is 2. The van der Waals surface area contributed by atoms with E-state index in [4.69, 9.17) is 0 Å². The molecule has 3 N–H and O–H groups in total. The van der Waals surface area contributed by atoms with Crippen molar-refractivity contribution >= 4 is 16.8 Å². The summed E-state index contributed by atoms with van der Waals surface area (Å²) in [4.78, 5) is 0. The van der Waals surface area contributed by atoms with Gasteiger partial charge in [0.15, 0.2) is 11.5 Å². The van der Waals surface area contributed by atoms with Gasteiger partial charge in [-0.1, -0.05) is 85.0 Å². The Kier molecular flexibility index (Phi) is 5.33. The van der Waals surface area contributed by atoms with Crippen molar-refractivity contribution in [3.05, 3.63) is 125 Å². The van der Waals surface area contributed by atoms with Gasteiger partial charge in [-0.15, -0.1) is 0 Å². The average molecular weight is 461 g/mol. The normalized spacial score (nSPS) is 21.3. The van der Waals surface area contributed by atoms with Gasteiger partial charge >= 0.3 is 0 Å². The Balaban J connectivity index is 1.63. The Morgan fingerprint density at radius 1 is 0.800 bits per heavy atom. The van der Waals surface area contributed by atoms with Gasteiger partial charge in [0.2, 0.25) is 0 Å². The summed E-state index contributed by atoms with van der Waals surface area (Å²) in [6, 6.07) is 17.0. The quantitative estimate of drug-likeness (QED) is 0.368. The molecule has 3 aromatic carbocycles. The minimum absolute atomic E-state index is 0.174. The second-order valence-corrected chi connectivity index (χ2v) is 9.57. The van der Waals surface area contributed by atoms with Crippen LogP contribution in [0.15, 0.2) is 102 Å². The van der Waals surface area contributed by atoms with E-state index in [0.717, 1.165) is 30.4 Å². The van der Waals surface area contributed by atoms with Crippen LogP contribution in [0.2, 0.25) is 0 Å². The Bertz CT molecular complexity index is 1480. The molecule has 3 aliphatic rings. The zero-order valence-corrected chi connectivity index (χ0v) is 19.5. The summed E-state index contributed by atoms with van der Waals surface area (Å²) in [5.41, 5.74) is 7.47. The van der Waals surface area contributed by atoms with E-state index in [1.165, 1.54) is 33.0 Å². The second kappa shape index (κ2) is 8.66. The lowest BCUT2D eigenvalue weighted by atomic mass is 9.75. The first-order valence-electron chi connectivity index (χ1n) is 12.3. The third-order valence-corrected chi connectivity index (χ3v) is 7.52. The first kappa shape index (κ1) is 21.5. The molecule has 2 atom stereocenters. The van der Waals surface area contributed by atoms with E-state index < -0.39 is 5.76 Å². The van der Waals surface area contributed by atoms with Crippen LogP contribution in [0, 0.1) is 0 Å². The summed E-state index contributed by atoms with van der Waals surface area (Å²) in [6.45, 7) is 0. The van der Waals surface area contributed by atoms with Crippen LogP contribution in [-0.2, 0) is 6.42 Å². The zero-order chi connectivity index (χ0) is 23.9. The van der Waals surface area contributed by atoms with Gasteiger partial charge in [-0.05, 0) is 69.5 Å². The fourth-order valence-corrected chi connectivity index (χ4v) is 5.95. The molecule has 0 radical (unpaired) electrons. The van der Waals surface area contributed by atoms with E-state index >= 15 is 0 Å². The summed E-state index contributed by atoms with van der Waals surface area (Å²) in [5, 5.41) is 33.0. The maximum atomic E-state index is 10.3. The third-order valence-electron chi connectivity index (χ3n) is 7.52. The minimum Gasteiger partial charge on any atom is -0.508 e. The smallest absolute Gasteiger partial charge is 0.195 e. The Hall–Kier alpha value is -3.98. The molecule has 0 aliphatic heterocycles. The summed E-state index contributed by atoms with van der Waals surface area (Å²) >= 11 is 0. The molecule has 2 unspecified atom stereocenters. The van der Waals surface area contributed by atoms with Crippen LogP contribution in [0.25, 0.3) is 28.0 Å². The van der Waals surface area contributed by atoms with Gasteiger partial charge in [0.25, 0.3) is 0 Å². The SMILES string of the molecule is OC1=CC(c2ccccc2-c2c3c(c(C4C=CC=CC4)c4ccccc24)C=CCC3)CC(O)=C1O. The number of allylic oxidation sites excluding steroid dienone is 7.